The number of benzene rings is 2. The number of nitrogens with one attached hydrogen (secondary N) is 1. The first kappa shape index (κ1) is 17.4. The lowest BCUT2D eigenvalue weighted by Gasteiger charge is -2.15. The van der Waals surface area contributed by atoms with Gasteiger partial charge in [-0.1, -0.05) is 47.6 Å². The first-order valence-electron chi connectivity index (χ1n) is 7.86. The first-order valence-corrected chi connectivity index (χ1v) is 8.65. The van der Waals surface area contributed by atoms with Crippen molar-refractivity contribution >= 4 is 27.5 Å². The molecule has 0 bridgehead atoms. The van der Waals surface area contributed by atoms with Crippen LogP contribution in [0, 0.1) is 0 Å². The summed E-state index contributed by atoms with van der Waals surface area (Å²) in [5.74, 6) is 0.642. The minimum atomic E-state index is -0.0822. The zero-order chi connectivity index (χ0) is 17.6. The van der Waals surface area contributed by atoms with E-state index in [1.807, 2.05) is 72.6 Å². The van der Waals surface area contributed by atoms with E-state index in [9.17, 15) is 4.79 Å². The molecule has 3 aromatic rings. The molecule has 0 radical (unpaired) electrons. The summed E-state index contributed by atoms with van der Waals surface area (Å²) < 4.78 is 6.24. The number of anilines is 1. The van der Waals surface area contributed by atoms with Gasteiger partial charge in [-0.3, -0.25) is 9.69 Å². The smallest absolute Gasteiger partial charge is 0.238 e. The summed E-state index contributed by atoms with van der Waals surface area (Å²) in [7, 11) is 1.87. The minimum Gasteiger partial charge on any atom is -0.356 e. The molecule has 0 fully saturated rings. The highest BCUT2D eigenvalue weighted by Crippen LogP contribution is 2.22. The van der Waals surface area contributed by atoms with Crippen LogP contribution < -0.4 is 5.32 Å². The summed E-state index contributed by atoms with van der Waals surface area (Å²) in [5.41, 5.74) is 2.53. The first-order chi connectivity index (χ1) is 12.1. The molecular formula is C19H18BrN3O2. The molecule has 0 aliphatic heterocycles. The van der Waals surface area contributed by atoms with E-state index in [1.165, 1.54) is 0 Å². The fourth-order valence-corrected chi connectivity index (χ4v) is 2.84. The Kier molecular flexibility index (Phi) is 5.63. The Balaban J connectivity index is 1.56. The van der Waals surface area contributed by atoms with Gasteiger partial charge in [0, 0.05) is 22.6 Å². The summed E-state index contributed by atoms with van der Waals surface area (Å²) in [4.78, 5) is 14.1. The van der Waals surface area contributed by atoms with Crippen molar-refractivity contribution in [2.45, 2.75) is 6.54 Å². The van der Waals surface area contributed by atoms with Gasteiger partial charge in [0.15, 0.2) is 5.76 Å². The lowest BCUT2D eigenvalue weighted by Crippen LogP contribution is -2.30. The molecule has 0 unspecified atom stereocenters. The highest BCUT2D eigenvalue weighted by molar-refractivity contribution is 9.10. The summed E-state index contributed by atoms with van der Waals surface area (Å²) >= 11 is 3.42. The van der Waals surface area contributed by atoms with Crippen LogP contribution in [-0.2, 0) is 11.3 Å². The van der Waals surface area contributed by atoms with Gasteiger partial charge in [0.25, 0.3) is 0 Å². The maximum Gasteiger partial charge on any atom is 0.238 e. The molecule has 0 saturated carbocycles. The van der Waals surface area contributed by atoms with Crippen molar-refractivity contribution in [2.24, 2.45) is 0 Å². The van der Waals surface area contributed by atoms with E-state index in [-0.39, 0.29) is 12.5 Å². The SMILES string of the molecule is CN(CC(=O)Nc1ccccc1Br)Cc1cc(-c2ccccc2)on1. The van der Waals surface area contributed by atoms with Crippen molar-refractivity contribution in [3.05, 3.63) is 70.8 Å². The third-order valence-corrected chi connectivity index (χ3v) is 4.30. The van der Waals surface area contributed by atoms with Gasteiger partial charge in [0.2, 0.25) is 5.91 Å². The Morgan fingerprint density at radius 3 is 2.64 bits per heavy atom. The Labute approximate surface area is 154 Å². The molecule has 6 heteroatoms. The van der Waals surface area contributed by atoms with Crippen molar-refractivity contribution in [1.29, 1.82) is 0 Å². The molecule has 2 aromatic carbocycles. The molecule has 1 N–H and O–H groups in total. The summed E-state index contributed by atoms with van der Waals surface area (Å²) in [6.07, 6.45) is 0. The highest BCUT2D eigenvalue weighted by Gasteiger charge is 2.12. The molecule has 0 saturated heterocycles. The van der Waals surface area contributed by atoms with Gasteiger partial charge in [-0.05, 0) is 35.1 Å². The molecule has 0 aliphatic rings. The van der Waals surface area contributed by atoms with E-state index in [0.717, 1.165) is 27.2 Å². The van der Waals surface area contributed by atoms with Gasteiger partial charge in [-0.25, -0.2) is 0 Å². The van der Waals surface area contributed by atoms with Gasteiger partial charge in [0.05, 0.1) is 17.9 Å². The van der Waals surface area contributed by atoms with E-state index >= 15 is 0 Å². The molecule has 0 aliphatic carbocycles. The molecular weight excluding hydrogens is 382 g/mol. The largest absolute Gasteiger partial charge is 0.356 e. The van der Waals surface area contributed by atoms with Crippen LogP contribution in [0.4, 0.5) is 5.69 Å². The van der Waals surface area contributed by atoms with Crippen molar-refractivity contribution in [3.63, 3.8) is 0 Å². The summed E-state index contributed by atoms with van der Waals surface area (Å²) in [6.45, 7) is 0.786. The van der Waals surface area contributed by atoms with Crippen LogP contribution in [0.25, 0.3) is 11.3 Å². The number of para-hydroxylation sites is 1. The third kappa shape index (κ3) is 4.78. The summed E-state index contributed by atoms with van der Waals surface area (Å²) in [6, 6.07) is 19.2. The average Bonchev–Trinajstić information content (AvgIpc) is 3.06. The molecule has 1 amide bonds. The molecule has 3 rings (SSSR count). The van der Waals surface area contributed by atoms with E-state index in [1.54, 1.807) is 0 Å². The average molecular weight is 400 g/mol. The van der Waals surface area contributed by atoms with Gasteiger partial charge in [-0.2, -0.15) is 0 Å². The van der Waals surface area contributed by atoms with Crippen LogP contribution in [0.1, 0.15) is 5.69 Å². The fourth-order valence-electron chi connectivity index (χ4n) is 2.45. The number of hydrogen-bond acceptors (Lipinski definition) is 4. The Morgan fingerprint density at radius 1 is 1.16 bits per heavy atom. The second kappa shape index (κ2) is 8.09. The third-order valence-electron chi connectivity index (χ3n) is 3.61. The number of halogens is 1. The van der Waals surface area contributed by atoms with Crippen LogP contribution in [-0.4, -0.2) is 29.6 Å². The molecule has 0 spiro atoms. The van der Waals surface area contributed by atoms with E-state index in [2.05, 4.69) is 26.4 Å². The number of carbonyl (C=O) groups is 1. The number of nitrogens with zero attached hydrogens (tertiary/aromatic N) is 2. The zero-order valence-electron chi connectivity index (χ0n) is 13.8. The fraction of sp³-hybridized carbons (Fsp3) is 0.158. The Bertz CT molecular complexity index is 849. The number of aromatic nitrogens is 1. The normalized spacial score (nSPS) is 10.8. The second-order valence-corrected chi connectivity index (χ2v) is 6.60. The van der Waals surface area contributed by atoms with Crippen LogP contribution in [0.5, 0.6) is 0 Å². The molecule has 25 heavy (non-hydrogen) atoms. The lowest BCUT2D eigenvalue weighted by atomic mass is 10.1. The Morgan fingerprint density at radius 2 is 1.88 bits per heavy atom. The zero-order valence-corrected chi connectivity index (χ0v) is 15.4. The van der Waals surface area contributed by atoms with Crippen LogP contribution in [0.2, 0.25) is 0 Å². The van der Waals surface area contributed by atoms with Crippen molar-refractivity contribution in [3.8, 4) is 11.3 Å². The number of rotatable bonds is 6. The lowest BCUT2D eigenvalue weighted by molar-refractivity contribution is -0.117. The predicted octanol–water partition coefficient (Wildman–Crippen LogP) is 4.17. The van der Waals surface area contributed by atoms with Crippen molar-refractivity contribution < 1.29 is 9.32 Å². The molecule has 0 atom stereocenters. The van der Waals surface area contributed by atoms with Gasteiger partial charge in [-0.15, -0.1) is 0 Å². The maximum atomic E-state index is 12.2. The molecule has 128 valence electrons. The molecule has 1 heterocycles. The predicted molar refractivity (Wildman–Crippen MR) is 101 cm³/mol. The highest BCUT2D eigenvalue weighted by atomic mass is 79.9. The standard InChI is InChI=1S/C19H18BrN3O2/c1-23(13-19(24)21-17-10-6-5-9-16(17)20)12-15-11-18(25-22-15)14-7-3-2-4-8-14/h2-11H,12-13H2,1H3,(H,21,24). The van der Waals surface area contributed by atoms with Gasteiger partial charge < -0.3 is 9.84 Å². The monoisotopic (exact) mass is 399 g/mol. The number of amides is 1. The quantitative estimate of drug-likeness (QED) is 0.675. The van der Waals surface area contributed by atoms with Crippen molar-refractivity contribution in [2.75, 3.05) is 18.9 Å². The van der Waals surface area contributed by atoms with Gasteiger partial charge in [0.1, 0.15) is 0 Å². The van der Waals surface area contributed by atoms with Crippen LogP contribution in [0.3, 0.4) is 0 Å². The van der Waals surface area contributed by atoms with E-state index in [0.29, 0.717) is 6.54 Å². The topological polar surface area (TPSA) is 58.4 Å². The number of carbonyl (C=O) groups excluding carboxylic acids is 1. The van der Waals surface area contributed by atoms with Crippen LogP contribution in [0.15, 0.2) is 69.7 Å². The second-order valence-electron chi connectivity index (χ2n) is 5.75. The molecule has 5 nitrogen and oxygen atoms in total. The van der Waals surface area contributed by atoms with E-state index in [4.69, 9.17) is 4.52 Å². The van der Waals surface area contributed by atoms with E-state index < -0.39 is 0 Å². The number of likely N-dealkylation sites (N-methyl/N-ethyl adjacent to an activating group) is 1. The van der Waals surface area contributed by atoms with Crippen molar-refractivity contribution in [1.82, 2.24) is 10.1 Å². The molecule has 1 aromatic heterocycles. The van der Waals surface area contributed by atoms with Gasteiger partial charge >= 0.3 is 0 Å². The number of hydrogen-bond donors (Lipinski definition) is 1. The summed E-state index contributed by atoms with van der Waals surface area (Å²) in [5, 5.41) is 6.97. The Hall–Kier alpha value is -2.44. The maximum absolute atomic E-state index is 12.2. The minimum absolute atomic E-state index is 0.0822. The van der Waals surface area contributed by atoms with Crippen LogP contribution >= 0.6 is 15.9 Å².